The average Bonchev–Trinajstić information content (AvgIpc) is 3.29. The number of nitrogens with one attached hydrogen (secondary N) is 1. The zero-order chi connectivity index (χ0) is 20.3. The highest BCUT2D eigenvalue weighted by atomic mass is 32.2. The summed E-state index contributed by atoms with van der Waals surface area (Å²) in [4.78, 5) is 19.1. The number of amides is 1. The molecule has 0 atom stereocenters. The fourth-order valence-corrected chi connectivity index (χ4v) is 4.59. The number of pyridine rings is 1. The Bertz CT molecular complexity index is 1010. The average molecular weight is 421 g/mol. The van der Waals surface area contributed by atoms with Crippen LogP contribution in [0, 0.1) is 0 Å². The van der Waals surface area contributed by atoms with Crippen LogP contribution in [-0.4, -0.2) is 44.5 Å². The van der Waals surface area contributed by atoms with Crippen LogP contribution in [0.3, 0.4) is 0 Å². The van der Waals surface area contributed by atoms with Crippen LogP contribution >= 0.6 is 11.8 Å². The fraction of sp³-hybridized carbons (Fsp3) is 0.364. The van der Waals surface area contributed by atoms with E-state index in [1.165, 1.54) is 30.3 Å². The number of hydrogen-bond donors (Lipinski definition) is 1. The normalized spacial score (nSPS) is 16.1. The molecule has 1 aliphatic carbocycles. The van der Waals surface area contributed by atoms with Gasteiger partial charge in [-0.05, 0) is 62.1 Å². The minimum absolute atomic E-state index is 0.0396. The van der Waals surface area contributed by atoms with E-state index in [0.717, 1.165) is 48.2 Å². The van der Waals surface area contributed by atoms with Crippen molar-refractivity contribution in [2.24, 2.45) is 0 Å². The van der Waals surface area contributed by atoms with Gasteiger partial charge in [0.2, 0.25) is 5.91 Å². The maximum Gasteiger partial charge on any atom is 0.234 e. The van der Waals surface area contributed by atoms with Gasteiger partial charge in [0, 0.05) is 48.5 Å². The lowest BCUT2D eigenvalue weighted by Crippen LogP contribution is -2.18. The van der Waals surface area contributed by atoms with Gasteiger partial charge in [0.1, 0.15) is 0 Å². The molecule has 1 saturated heterocycles. The SMILES string of the molecule is O=C(CSc1nnc(-c2cccnc2)n1C1CC1)Nc1ccc(N2CCCC2)cc1. The first-order valence-corrected chi connectivity index (χ1v) is 11.4. The Balaban J connectivity index is 1.22. The highest BCUT2D eigenvalue weighted by molar-refractivity contribution is 7.99. The number of carbonyl (C=O) groups excluding carboxylic acids is 1. The third kappa shape index (κ3) is 4.18. The molecule has 2 aromatic heterocycles. The molecule has 2 aliphatic rings. The lowest BCUT2D eigenvalue weighted by molar-refractivity contribution is -0.113. The summed E-state index contributed by atoms with van der Waals surface area (Å²) in [5.74, 6) is 1.08. The van der Waals surface area contributed by atoms with E-state index in [0.29, 0.717) is 11.8 Å². The van der Waals surface area contributed by atoms with Crippen LogP contribution in [0.5, 0.6) is 0 Å². The van der Waals surface area contributed by atoms with Crippen molar-refractivity contribution >= 4 is 29.0 Å². The number of rotatable bonds is 7. The molecule has 1 amide bonds. The number of hydrogen-bond acceptors (Lipinski definition) is 6. The van der Waals surface area contributed by atoms with Gasteiger partial charge in [0.05, 0.1) is 5.75 Å². The summed E-state index contributed by atoms with van der Waals surface area (Å²) < 4.78 is 2.15. The van der Waals surface area contributed by atoms with Gasteiger partial charge in [-0.15, -0.1) is 10.2 Å². The summed E-state index contributed by atoms with van der Waals surface area (Å²) in [6, 6.07) is 12.4. The number of aromatic nitrogens is 4. The monoisotopic (exact) mass is 420 g/mol. The van der Waals surface area contributed by atoms with Gasteiger partial charge in [-0.3, -0.25) is 14.3 Å². The number of thioether (sulfide) groups is 1. The third-order valence-electron chi connectivity index (χ3n) is 5.45. The molecule has 0 spiro atoms. The lowest BCUT2D eigenvalue weighted by atomic mass is 10.2. The Kier molecular flexibility index (Phi) is 5.40. The number of benzene rings is 1. The van der Waals surface area contributed by atoms with Crippen molar-refractivity contribution in [3.8, 4) is 11.4 Å². The predicted octanol–water partition coefficient (Wildman–Crippen LogP) is 4.01. The van der Waals surface area contributed by atoms with Gasteiger partial charge in [0.25, 0.3) is 0 Å². The summed E-state index contributed by atoms with van der Waals surface area (Å²) in [5.41, 5.74) is 3.00. The van der Waals surface area contributed by atoms with Gasteiger partial charge < -0.3 is 10.2 Å². The Hall–Kier alpha value is -2.87. The van der Waals surface area contributed by atoms with E-state index in [1.807, 2.05) is 24.3 Å². The maximum absolute atomic E-state index is 12.5. The molecule has 154 valence electrons. The summed E-state index contributed by atoms with van der Waals surface area (Å²) >= 11 is 1.43. The molecule has 5 rings (SSSR count). The van der Waals surface area contributed by atoms with Crippen LogP contribution in [0.25, 0.3) is 11.4 Å². The van der Waals surface area contributed by atoms with Crippen molar-refractivity contribution in [2.45, 2.75) is 36.9 Å². The standard InChI is InChI=1S/C22H24N6OS/c29-20(24-17-5-7-18(8-6-17)27-12-1-2-13-27)15-30-22-26-25-21(28(22)19-9-10-19)16-4-3-11-23-14-16/h3-8,11,14,19H,1-2,9-10,12-13,15H2,(H,24,29). The first-order chi connectivity index (χ1) is 14.8. The molecule has 1 aromatic carbocycles. The van der Waals surface area contributed by atoms with Crippen molar-refractivity contribution < 1.29 is 4.79 Å². The van der Waals surface area contributed by atoms with Crippen LogP contribution in [-0.2, 0) is 4.79 Å². The van der Waals surface area contributed by atoms with E-state index in [-0.39, 0.29) is 5.91 Å². The minimum atomic E-state index is -0.0396. The van der Waals surface area contributed by atoms with Crippen LogP contribution < -0.4 is 10.2 Å². The Labute approximate surface area is 179 Å². The van der Waals surface area contributed by atoms with Gasteiger partial charge in [-0.25, -0.2) is 0 Å². The van der Waals surface area contributed by atoms with Crippen LogP contribution in [0.2, 0.25) is 0 Å². The smallest absolute Gasteiger partial charge is 0.234 e. The molecule has 8 heteroatoms. The van der Waals surface area contributed by atoms with Gasteiger partial charge >= 0.3 is 0 Å². The third-order valence-corrected chi connectivity index (χ3v) is 6.39. The molecule has 1 aliphatic heterocycles. The van der Waals surface area contributed by atoms with E-state index in [2.05, 4.69) is 42.1 Å². The van der Waals surface area contributed by atoms with Crippen LogP contribution in [0.4, 0.5) is 11.4 Å². The zero-order valence-corrected chi connectivity index (χ0v) is 17.5. The van der Waals surface area contributed by atoms with E-state index in [1.54, 1.807) is 12.4 Å². The number of nitrogens with zero attached hydrogens (tertiary/aromatic N) is 5. The summed E-state index contributed by atoms with van der Waals surface area (Å²) in [7, 11) is 0. The van der Waals surface area contributed by atoms with Crippen molar-refractivity contribution in [1.29, 1.82) is 0 Å². The Morgan fingerprint density at radius 1 is 1.10 bits per heavy atom. The molecule has 2 fully saturated rings. The minimum Gasteiger partial charge on any atom is -0.372 e. The number of carbonyl (C=O) groups is 1. The highest BCUT2D eigenvalue weighted by Gasteiger charge is 2.30. The molecular formula is C22H24N6OS. The Morgan fingerprint density at radius 2 is 1.90 bits per heavy atom. The molecule has 0 bridgehead atoms. The fourth-order valence-electron chi connectivity index (χ4n) is 3.79. The van der Waals surface area contributed by atoms with Gasteiger partial charge in [-0.1, -0.05) is 11.8 Å². The topological polar surface area (TPSA) is 75.9 Å². The maximum atomic E-state index is 12.5. The summed E-state index contributed by atoms with van der Waals surface area (Å²) in [5, 5.41) is 12.5. The molecule has 1 N–H and O–H groups in total. The number of anilines is 2. The second-order valence-corrected chi connectivity index (χ2v) is 8.67. The second kappa shape index (κ2) is 8.47. The van der Waals surface area contributed by atoms with E-state index in [9.17, 15) is 4.79 Å². The van der Waals surface area contributed by atoms with Crippen LogP contribution in [0.1, 0.15) is 31.7 Å². The van der Waals surface area contributed by atoms with Crippen LogP contribution in [0.15, 0.2) is 53.9 Å². The van der Waals surface area contributed by atoms with Crippen molar-refractivity contribution in [3.05, 3.63) is 48.8 Å². The van der Waals surface area contributed by atoms with Crippen molar-refractivity contribution in [3.63, 3.8) is 0 Å². The van der Waals surface area contributed by atoms with Crippen molar-refractivity contribution in [1.82, 2.24) is 19.7 Å². The first kappa shape index (κ1) is 19.1. The van der Waals surface area contributed by atoms with E-state index >= 15 is 0 Å². The largest absolute Gasteiger partial charge is 0.372 e. The quantitative estimate of drug-likeness (QED) is 0.582. The molecule has 7 nitrogen and oxygen atoms in total. The van der Waals surface area contributed by atoms with E-state index < -0.39 is 0 Å². The summed E-state index contributed by atoms with van der Waals surface area (Å²) in [6.07, 6.45) is 8.30. The van der Waals surface area contributed by atoms with E-state index in [4.69, 9.17) is 0 Å². The lowest BCUT2D eigenvalue weighted by Gasteiger charge is -2.17. The first-order valence-electron chi connectivity index (χ1n) is 10.4. The molecular weight excluding hydrogens is 396 g/mol. The van der Waals surface area contributed by atoms with Gasteiger partial charge in [0.15, 0.2) is 11.0 Å². The molecule has 3 aromatic rings. The predicted molar refractivity (Wildman–Crippen MR) is 119 cm³/mol. The zero-order valence-electron chi connectivity index (χ0n) is 16.7. The Morgan fingerprint density at radius 3 is 2.60 bits per heavy atom. The second-order valence-electron chi connectivity index (χ2n) is 7.73. The highest BCUT2D eigenvalue weighted by Crippen LogP contribution is 2.40. The molecule has 1 saturated carbocycles. The summed E-state index contributed by atoms with van der Waals surface area (Å²) in [6.45, 7) is 2.23. The molecule has 0 radical (unpaired) electrons. The molecule has 30 heavy (non-hydrogen) atoms. The molecule has 0 unspecified atom stereocenters. The molecule has 3 heterocycles. The van der Waals surface area contributed by atoms with Crippen molar-refractivity contribution in [2.75, 3.05) is 29.1 Å². The van der Waals surface area contributed by atoms with Gasteiger partial charge in [-0.2, -0.15) is 0 Å².